The summed E-state index contributed by atoms with van der Waals surface area (Å²) in [6.07, 6.45) is 3.38. The van der Waals surface area contributed by atoms with Gasteiger partial charge in [-0.15, -0.1) is 0 Å². The zero-order valence-electron chi connectivity index (χ0n) is 8.16. The summed E-state index contributed by atoms with van der Waals surface area (Å²) in [5, 5.41) is 4.24. The molecule has 1 aromatic heterocycles. The highest BCUT2D eigenvalue weighted by molar-refractivity contribution is 5.98. The van der Waals surface area contributed by atoms with Crippen molar-refractivity contribution in [1.29, 1.82) is 0 Å². The number of rotatable bonds is 2. The van der Waals surface area contributed by atoms with Crippen molar-refractivity contribution in [3.05, 3.63) is 11.3 Å². The lowest BCUT2D eigenvalue weighted by Gasteiger charge is -2.26. The Morgan fingerprint density at radius 1 is 1.57 bits per heavy atom. The molecular weight excluding hydrogens is 180 g/mol. The van der Waals surface area contributed by atoms with Crippen LogP contribution in [0.15, 0.2) is 0 Å². The van der Waals surface area contributed by atoms with E-state index in [1.54, 1.807) is 11.6 Å². The predicted molar refractivity (Wildman–Crippen MR) is 52.8 cm³/mol. The van der Waals surface area contributed by atoms with Crippen LogP contribution in [0.5, 0.6) is 0 Å². The van der Waals surface area contributed by atoms with E-state index >= 15 is 0 Å². The van der Waals surface area contributed by atoms with Gasteiger partial charge in [0.2, 0.25) is 0 Å². The summed E-state index contributed by atoms with van der Waals surface area (Å²) in [5.41, 5.74) is 12.0. The maximum atomic E-state index is 11.1. The minimum absolute atomic E-state index is 0.363. The number of nitrogens with two attached hydrogens (primary N) is 2. The second kappa shape index (κ2) is 3.01. The third-order valence-electron chi connectivity index (χ3n) is 2.79. The Morgan fingerprint density at radius 3 is 2.57 bits per heavy atom. The monoisotopic (exact) mass is 194 g/mol. The molecule has 0 spiro atoms. The summed E-state index contributed by atoms with van der Waals surface area (Å²) >= 11 is 0. The summed E-state index contributed by atoms with van der Waals surface area (Å²) < 4.78 is 1.74. The van der Waals surface area contributed by atoms with E-state index in [-0.39, 0.29) is 0 Å². The van der Waals surface area contributed by atoms with Crippen molar-refractivity contribution in [2.24, 2.45) is 5.73 Å². The van der Waals surface area contributed by atoms with Crippen molar-refractivity contribution in [3.8, 4) is 0 Å². The van der Waals surface area contributed by atoms with Gasteiger partial charge in [-0.1, -0.05) is 0 Å². The Bertz CT molecular complexity index is 378. The average molecular weight is 194 g/mol. The number of carbonyl (C=O) groups excluding carboxylic acids is 1. The highest BCUT2D eigenvalue weighted by atomic mass is 16.1. The molecule has 1 saturated carbocycles. The lowest BCUT2D eigenvalue weighted by Crippen LogP contribution is -2.21. The van der Waals surface area contributed by atoms with Crippen LogP contribution in [-0.4, -0.2) is 15.7 Å². The topological polar surface area (TPSA) is 86.9 Å². The zero-order chi connectivity index (χ0) is 10.3. The van der Waals surface area contributed by atoms with E-state index in [2.05, 4.69) is 5.10 Å². The first kappa shape index (κ1) is 9.05. The highest BCUT2D eigenvalue weighted by Crippen LogP contribution is 2.34. The molecule has 1 aliphatic carbocycles. The molecule has 0 aromatic carbocycles. The fourth-order valence-electron chi connectivity index (χ4n) is 1.78. The van der Waals surface area contributed by atoms with Crippen molar-refractivity contribution in [2.75, 3.05) is 5.73 Å². The molecule has 1 aliphatic rings. The van der Waals surface area contributed by atoms with Gasteiger partial charge >= 0.3 is 0 Å². The Balaban J connectivity index is 2.42. The van der Waals surface area contributed by atoms with Crippen molar-refractivity contribution in [3.63, 3.8) is 0 Å². The van der Waals surface area contributed by atoms with E-state index in [1.165, 1.54) is 6.42 Å². The number of aryl methyl sites for hydroxylation is 1. The molecule has 5 heteroatoms. The second-order valence-electron chi connectivity index (χ2n) is 3.74. The Labute approximate surface area is 82.1 Å². The van der Waals surface area contributed by atoms with Crippen LogP contribution in [0.3, 0.4) is 0 Å². The number of anilines is 1. The van der Waals surface area contributed by atoms with Crippen LogP contribution < -0.4 is 11.5 Å². The van der Waals surface area contributed by atoms with Gasteiger partial charge in [0.15, 0.2) is 0 Å². The smallest absolute Gasteiger partial charge is 0.254 e. The molecule has 1 heterocycles. The highest BCUT2D eigenvalue weighted by Gasteiger charge is 2.26. The molecule has 5 nitrogen and oxygen atoms in total. The second-order valence-corrected chi connectivity index (χ2v) is 3.74. The first-order valence-corrected chi connectivity index (χ1v) is 4.75. The van der Waals surface area contributed by atoms with Crippen molar-refractivity contribution in [2.45, 2.75) is 32.2 Å². The Kier molecular flexibility index (Phi) is 1.94. The van der Waals surface area contributed by atoms with Crippen LogP contribution in [0.25, 0.3) is 0 Å². The number of nitrogen functional groups attached to an aromatic ring is 1. The van der Waals surface area contributed by atoms with Crippen LogP contribution in [0.4, 0.5) is 5.82 Å². The maximum absolute atomic E-state index is 11.1. The summed E-state index contributed by atoms with van der Waals surface area (Å²) in [6.45, 7) is 1.76. The first-order chi connectivity index (χ1) is 6.61. The fraction of sp³-hybridized carbons (Fsp3) is 0.556. The molecule has 0 unspecified atom stereocenters. The van der Waals surface area contributed by atoms with E-state index < -0.39 is 5.91 Å². The van der Waals surface area contributed by atoms with Crippen LogP contribution in [-0.2, 0) is 0 Å². The summed E-state index contributed by atoms with van der Waals surface area (Å²) in [4.78, 5) is 11.1. The number of hydrogen-bond donors (Lipinski definition) is 2. The van der Waals surface area contributed by atoms with Gasteiger partial charge in [-0.3, -0.25) is 4.79 Å². The zero-order valence-corrected chi connectivity index (χ0v) is 8.16. The predicted octanol–water partition coefficient (Wildman–Crippen LogP) is 0.598. The maximum Gasteiger partial charge on any atom is 0.254 e. The number of primary amides is 1. The van der Waals surface area contributed by atoms with Crippen LogP contribution in [0.2, 0.25) is 0 Å². The van der Waals surface area contributed by atoms with Gasteiger partial charge in [0.1, 0.15) is 11.4 Å². The van der Waals surface area contributed by atoms with E-state index in [1.807, 2.05) is 0 Å². The van der Waals surface area contributed by atoms with Crippen LogP contribution >= 0.6 is 0 Å². The van der Waals surface area contributed by atoms with E-state index in [9.17, 15) is 4.79 Å². The number of hydrogen-bond acceptors (Lipinski definition) is 3. The van der Waals surface area contributed by atoms with Gasteiger partial charge in [0, 0.05) is 0 Å². The lowest BCUT2D eigenvalue weighted by molar-refractivity contribution is 0.100. The van der Waals surface area contributed by atoms with Crippen LogP contribution in [0, 0.1) is 6.92 Å². The Hall–Kier alpha value is -1.52. The quantitative estimate of drug-likeness (QED) is 0.722. The minimum Gasteiger partial charge on any atom is -0.383 e. The number of aromatic nitrogens is 2. The number of nitrogens with zero attached hydrogens (tertiary/aromatic N) is 2. The van der Waals surface area contributed by atoms with Gasteiger partial charge in [0.05, 0.1) is 11.7 Å². The van der Waals surface area contributed by atoms with Crippen molar-refractivity contribution >= 4 is 11.7 Å². The third kappa shape index (κ3) is 1.16. The fourth-order valence-corrected chi connectivity index (χ4v) is 1.78. The standard InChI is InChI=1S/C9H14N4O/c1-5-7(9(11)14)8(10)13(12-5)6-3-2-4-6/h6H,2-4,10H2,1H3,(H2,11,14). The molecule has 1 fully saturated rings. The number of carbonyl (C=O) groups is 1. The molecule has 1 amide bonds. The molecule has 0 aliphatic heterocycles. The average Bonchev–Trinajstić information content (AvgIpc) is 2.23. The SMILES string of the molecule is Cc1nn(C2CCC2)c(N)c1C(N)=O. The van der Waals surface area contributed by atoms with Crippen molar-refractivity contribution in [1.82, 2.24) is 9.78 Å². The van der Waals surface area contributed by atoms with Gasteiger partial charge in [-0.05, 0) is 26.2 Å². The van der Waals surface area contributed by atoms with E-state index in [4.69, 9.17) is 11.5 Å². The lowest BCUT2D eigenvalue weighted by atomic mass is 9.93. The van der Waals surface area contributed by atoms with Gasteiger partial charge in [-0.2, -0.15) is 5.10 Å². The molecule has 14 heavy (non-hydrogen) atoms. The minimum atomic E-state index is -0.495. The largest absolute Gasteiger partial charge is 0.383 e. The van der Waals surface area contributed by atoms with Crippen LogP contribution in [0.1, 0.15) is 41.4 Å². The molecule has 0 radical (unpaired) electrons. The van der Waals surface area contributed by atoms with Crippen molar-refractivity contribution < 1.29 is 4.79 Å². The normalized spacial score (nSPS) is 16.6. The third-order valence-corrected chi connectivity index (χ3v) is 2.79. The van der Waals surface area contributed by atoms with E-state index in [0.717, 1.165) is 12.8 Å². The van der Waals surface area contributed by atoms with Gasteiger partial charge in [0.25, 0.3) is 5.91 Å². The molecule has 1 aromatic rings. The number of amides is 1. The Morgan fingerprint density at radius 2 is 2.21 bits per heavy atom. The van der Waals surface area contributed by atoms with Gasteiger partial charge < -0.3 is 11.5 Å². The van der Waals surface area contributed by atoms with E-state index in [0.29, 0.717) is 23.1 Å². The molecular formula is C9H14N4O. The summed E-state index contributed by atoms with van der Waals surface area (Å²) in [5.74, 6) is -0.0785. The molecule has 0 atom stereocenters. The molecule has 0 bridgehead atoms. The molecule has 0 saturated heterocycles. The van der Waals surface area contributed by atoms with Gasteiger partial charge in [-0.25, -0.2) is 4.68 Å². The molecule has 76 valence electrons. The first-order valence-electron chi connectivity index (χ1n) is 4.75. The molecule has 4 N–H and O–H groups in total. The molecule has 2 rings (SSSR count). The summed E-state index contributed by atoms with van der Waals surface area (Å²) in [6, 6.07) is 0.363. The summed E-state index contributed by atoms with van der Waals surface area (Å²) in [7, 11) is 0.